The van der Waals surface area contributed by atoms with Crippen molar-refractivity contribution in [2.75, 3.05) is 14.2 Å². The second kappa shape index (κ2) is 9.37. The van der Waals surface area contributed by atoms with Crippen LogP contribution in [-0.4, -0.2) is 45.7 Å². The number of sulfonamides is 1. The Morgan fingerprint density at radius 1 is 1.07 bits per heavy atom. The van der Waals surface area contributed by atoms with E-state index in [1.54, 1.807) is 24.3 Å². The van der Waals surface area contributed by atoms with Crippen molar-refractivity contribution in [1.82, 2.24) is 4.72 Å². The van der Waals surface area contributed by atoms with Crippen molar-refractivity contribution in [3.8, 4) is 0 Å². The average Bonchev–Trinajstić information content (AvgIpc) is 3.04. The Labute approximate surface area is 177 Å². The number of methoxy groups -OCH3 is 2. The zero-order valence-electron chi connectivity index (χ0n) is 16.7. The Morgan fingerprint density at radius 2 is 1.63 bits per heavy atom. The molecule has 11 heteroatoms. The average molecular weight is 456 g/mol. The minimum absolute atomic E-state index is 0.0663. The number of thiophene rings is 1. The first kappa shape index (κ1) is 23.5. The van der Waals surface area contributed by atoms with Gasteiger partial charge in [-0.3, -0.25) is 4.79 Å². The molecule has 0 unspecified atom stereocenters. The minimum Gasteiger partial charge on any atom is -0.481 e. The maximum Gasteiger partial charge on any atom is 0.348 e. The molecular formula is C19H21NO8S2. The molecule has 0 spiro atoms. The fourth-order valence-corrected chi connectivity index (χ4v) is 5.73. The van der Waals surface area contributed by atoms with E-state index >= 15 is 0 Å². The van der Waals surface area contributed by atoms with Crippen molar-refractivity contribution in [3.63, 3.8) is 0 Å². The molecule has 0 aliphatic rings. The van der Waals surface area contributed by atoms with Gasteiger partial charge in [0, 0.05) is 0 Å². The Balaban J connectivity index is 2.57. The van der Waals surface area contributed by atoms with Gasteiger partial charge < -0.3 is 14.6 Å². The topological polar surface area (TPSA) is 136 Å². The van der Waals surface area contributed by atoms with Crippen LogP contribution < -0.4 is 4.72 Å². The van der Waals surface area contributed by atoms with Crippen LogP contribution in [0.25, 0.3) is 0 Å². The molecule has 2 aromatic rings. The van der Waals surface area contributed by atoms with Gasteiger partial charge in [0.05, 0.1) is 32.2 Å². The molecule has 30 heavy (non-hydrogen) atoms. The van der Waals surface area contributed by atoms with Crippen molar-refractivity contribution in [2.45, 2.75) is 30.5 Å². The standard InChI is InChI=1S/C19H21NO8S2/c1-10-5-7-12(8-6-10)13(9-14(21)22)20-30(25,26)19-15(17(23)27-3)11(2)16(29-19)18(24)28-4/h5-8,13,20H,9H2,1-4H3,(H,21,22)/t13-/m1/s1. The Kier molecular flexibility index (Phi) is 7.34. The van der Waals surface area contributed by atoms with Gasteiger partial charge in [-0.05, 0) is 25.0 Å². The third-order valence-corrected chi connectivity index (χ3v) is 7.54. The zero-order chi connectivity index (χ0) is 22.6. The summed E-state index contributed by atoms with van der Waals surface area (Å²) in [7, 11) is -2.18. The predicted octanol–water partition coefficient (Wildman–Crippen LogP) is 2.43. The molecule has 2 N–H and O–H groups in total. The number of aryl methyl sites for hydroxylation is 1. The van der Waals surface area contributed by atoms with Gasteiger partial charge in [0.1, 0.15) is 4.88 Å². The number of carboxylic acid groups (broad SMARTS) is 1. The molecule has 0 bridgehead atoms. The van der Waals surface area contributed by atoms with Crippen LogP contribution >= 0.6 is 11.3 Å². The van der Waals surface area contributed by atoms with E-state index in [0.29, 0.717) is 16.9 Å². The van der Waals surface area contributed by atoms with E-state index in [0.717, 1.165) is 19.8 Å². The lowest BCUT2D eigenvalue weighted by Crippen LogP contribution is -2.30. The monoisotopic (exact) mass is 455 g/mol. The van der Waals surface area contributed by atoms with Crippen molar-refractivity contribution >= 4 is 39.3 Å². The third-order valence-electron chi connectivity index (χ3n) is 4.27. The van der Waals surface area contributed by atoms with Crippen LogP contribution in [0.2, 0.25) is 0 Å². The summed E-state index contributed by atoms with van der Waals surface area (Å²) < 4.78 is 37.5. The lowest BCUT2D eigenvalue weighted by Gasteiger charge is -2.18. The third kappa shape index (κ3) is 5.04. The van der Waals surface area contributed by atoms with E-state index in [1.165, 1.54) is 6.92 Å². The van der Waals surface area contributed by atoms with Gasteiger partial charge in [0.15, 0.2) is 4.21 Å². The smallest absolute Gasteiger partial charge is 0.348 e. The molecule has 2 rings (SSSR count). The molecule has 0 aliphatic carbocycles. The zero-order valence-corrected chi connectivity index (χ0v) is 18.3. The molecule has 1 aromatic carbocycles. The highest BCUT2D eigenvalue weighted by molar-refractivity contribution is 7.91. The fourth-order valence-electron chi connectivity index (χ4n) is 2.74. The summed E-state index contributed by atoms with van der Waals surface area (Å²) >= 11 is 0.555. The first-order chi connectivity index (χ1) is 14.0. The summed E-state index contributed by atoms with van der Waals surface area (Å²) in [6, 6.07) is 5.59. The molecular weight excluding hydrogens is 434 g/mol. The molecule has 0 radical (unpaired) electrons. The summed E-state index contributed by atoms with van der Waals surface area (Å²) in [4.78, 5) is 35.5. The number of hydrogen-bond donors (Lipinski definition) is 2. The van der Waals surface area contributed by atoms with Gasteiger partial charge in [-0.15, -0.1) is 11.3 Å². The van der Waals surface area contributed by atoms with Crippen LogP contribution in [0.1, 0.15) is 49.2 Å². The molecule has 1 heterocycles. The molecule has 0 amide bonds. The number of hydrogen-bond acceptors (Lipinski definition) is 8. The highest BCUT2D eigenvalue weighted by atomic mass is 32.2. The van der Waals surface area contributed by atoms with Gasteiger partial charge in [-0.2, -0.15) is 0 Å². The number of rotatable bonds is 8. The molecule has 1 atom stereocenters. The highest BCUT2D eigenvalue weighted by Crippen LogP contribution is 2.34. The van der Waals surface area contributed by atoms with Crippen molar-refractivity contribution in [3.05, 3.63) is 51.4 Å². The van der Waals surface area contributed by atoms with Gasteiger partial charge in [-0.25, -0.2) is 22.7 Å². The molecule has 0 aliphatic heterocycles. The van der Waals surface area contributed by atoms with Crippen molar-refractivity contribution < 1.29 is 37.4 Å². The molecule has 162 valence electrons. The number of nitrogens with one attached hydrogen (secondary N) is 1. The van der Waals surface area contributed by atoms with E-state index in [9.17, 15) is 27.9 Å². The molecule has 9 nitrogen and oxygen atoms in total. The SMILES string of the molecule is COC(=O)c1sc(S(=O)(=O)N[C@H](CC(=O)O)c2ccc(C)cc2)c(C(=O)OC)c1C. The van der Waals surface area contributed by atoms with Crippen molar-refractivity contribution in [2.24, 2.45) is 0 Å². The summed E-state index contributed by atoms with van der Waals surface area (Å²) in [6.07, 6.45) is -0.524. The molecule has 0 saturated carbocycles. The van der Waals surface area contributed by atoms with Gasteiger partial charge >= 0.3 is 17.9 Å². The summed E-state index contributed by atoms with van der Waals surface area (Å²) in [5.41, 5.74) is 1.16. The fraction of sp³-hybridized carbons (Fsp3) is 0.316. The first-order valence-electron chi connectivity index (χ1n) is 8.62. The van der Waals surface area contributed by atoms with Crippen molar-refractivity contribution in [1.29, 1.82) is 0 Å². The van der Waals surface area contributed by atoms with E-state index in [2.05, 4.69) is 14.2 Å². The minimum atomic E-state index is -4.40. The summed E-state index contributed by atoms with van der Waals surface area (Å²) in [5.74, 6) is -2.96. The Bertz CT molecular complexity index is 1070. The second-order valence-electron chi connectivity index (χ2n) is 6.38. The Hall–Kier alpha value is -2.76. The largest absolute Gasteiger partial charge is 0.481 e. The van der Waals surface area contributed by atoms with E-state index in [-0.39, 0.29) is 16.0 Å². The maximum atomic E-state index is 13.1. The van der Waals surface area contributed by atoms with Crippen LogP contribution in [0.3, 0.4) is 0 Å². The van der Waals surface area contributed by atoms with Crippen LogP contribution in [0.4, 0.5) is 0 Å². The normalized spacial score (nSPS) is 12.3. The number of esters is 2. The highest BCUT2D eigenvalue weighted by Gasteiger charge is 2.34. The second-order valence-corrected chi connectivity index (χ2v) is 9.31. The maximum absolute atomic E-state index is 13.1. The van der Waals surface area contributed by atoms with Gasteiger partial charge in [-0.1, -0.05) is 29.8 Å². The van der Waals surface area contributed by atoms with E-state index < -0.39 is 44.6 Å². The molecule has 1 aromatic heterocycles. The molecule has 0 saturated heterocycles. The van der Waals surface area contributed by atoms with E-state index in [4.69, 9.17) is 0 Å². The number of aliphatic carboxylic acids is 1. The predicted molar refractivity (Wildman–Crippen MR) is 108 cm³/mol. The van der Waals surface area contributed by atoms with Crippen LogP contribution in [0.5, 0.6) is 0 Å². The lowest BCUT2D eigenvalue weighted by molar-refractivity contribution is -0.137. The first-order valence-corrected chi connectivity index (χ1v) is 10.9. The quantitative estimate of drug-likeness (QED) is 0.579. The summed E-state index contributed by atoms with van der Waals surface area (Å²) in [5, 5.41) is 9.23. The lowest BCUT2D eigenvalue weighted by atomic mass is 10.0. The number of carbonyl (C=O) groups is 3. The van der Waals surface area contributed by atoms with Crippen LogP contribution in [0, 0.1) is 13.8 Å². The van der Waals surface area contributed by atoms with Crippen LogP contribution in [-0.2, 0) is 24.3 Å². The molecule has 0 fully saturated rings. The van der Waals surface area contributed by atoms with Gasteiger partial charge in [0.2, 0.25) is 0 Å². The summed E-state index contributed by atoms with van der Waals surface area (Å²) in [6.45, 7) is 3.24. The van der Waals surface area contributed by atoms with Crippen LogP contribution in [0.15, 0.2) is 28.5 Å². The van der Waals surface area contributed by atoms with E-state index in [1.807, 2.05) is 6.92 Å². The number of carbonyl (C=O) groups excluding carboxylic acids is 2. The Morgan fingerprint density at radius 3 is 2.13 bits per heavy atom. The number of benzene rings is 1. The van der Waals surface area contributed by atoms with Gasteiger partial charge in [0.25, 0.3) is 10.0 Å². The number of ether oxygens (including phenoxy) is 2. The number of carboxylic acids is 1.